The molecule has 2 N–H and O–H groups in total. The molecule has 2 rings (SSSR count). The molecule has 2 heteroatoms. The fourth-order valence-electron chi connectivity index (χ4n) is 2.32. The third-order valence-corrected chi connectivity index (χ3v) is 3.23. The van der Waals surface area contributed by atoms with Crippen LogP contribution in [-0.2, 0) is 6.42 Å². The van der Waals surface area contributed by atoms with E-state index in [4.69, 9.17) is 0 Å². The molecular weight excluding hydrogens is 184 g/mol. The molecule has 0 aliphatic carbocycles. The summed E-state index contributed by atoms with van der Waals surface area (Å²) in [6, 6.07) is 12.1. The van der Waals surface area contributed by atoms with Gasteiger partial charge < -0.3 is 10.6 Å². The Kier molecular flexibility index (Phi) is 3.75. The molecule has 1 aromatic rings. The Morgan fingerprint density at radius 3 is 2.87 bits per heavy atom. The fraction of sp³-hybridized carbons (Fsp3) is 0.538. The van der Waals surface area contributed by atoms with Gasteiger partial charge in [0.15, 0.2) is 0 Å². The predicted molar refractivity (Wildman–Crippen MR) is 64.0 cm³/mol. The molecular formula is C13H20N2. The summed E-state index contributed by atoms with van der Waals surface area (Å²) in [5.74, 6) is 0. The molecule has 1 aliphatic heterocycles. The molecule has 0 amide bonds. The van der Waals surface area contributed by atoms with Gasteiger partial charge in [-0.1, -0.05) is 30.3 Å². The monoisotopic (exact) mass is 204 g/mol. The van der Waals surface area contributed by atoms with E-state index in [1.807, 2.05) is 0 Å². The highest BCUT2D eigenvalue weighted by molar-refractivity contribution is 5.16. The minimum absolute atomic E-state index is 0.638. The normalized spacial score (nSPS) is 26.5. The van der Waals surface area contributed by atoms with Crippen molar-refractivity contribution < 1.29 is 0 Å². The SMILES string of the molecule is CNC1CCNC(Cc2ccccc2)C1. The van der Waals surface area contributed by atoms with Gasteiger partial charge in [0.1, 0.15) is 0 Å². The smallest absolute Gasteiger partial charge is 0.0122 e. The molecule has 0 saturated carbocycles. The number of hydrogen-bond donors (Lipinski definition) is 2. The maximum atomic E-state index is 3.59. The Bertz CT molecular complexity index is 284. The number of rotatable bonds is 3. The van der Waals surface area contributed by atoms with Crippen LogP contribution < -0.4 is 10.6 Å². The lowest BCUT2D eigenvalue weighted by Gasteiger charge is -2.30. The van der Waals surface area contributed by atoms with E-state index >= 15 is 0 Å². The maximum absolute atomic E-state index is 3.59. The summed E-state index contributed by atoms with van der Waals surface area (Å²) in [7, 11) is 2.07. The Labute approximate surface area is 92.1 Å². The van der Waals surface area contributed by atoms with Crippen LogP contribution in [0.3, 0.4) is 0 Å². The highest BCUT2D eigenvalue weighted by atomic mass is 15.0. The van der Waals surface area contributed by atoms with Gasteiger partial charge in [-0.05, 0) is 38.4 Å². The number of hydrogen-bond acceptors (Lipinski definition) is 2. The van der Waals surface area contributed by atoms with Crippen molar-refractivity contribution in [1.82, 2.24) is 10.6 Å². The van der Waals surface area contributed by atoms with Crippen LogP contribution in [0.25, 0.3) is 0 Å². The predicted octanol–water partition coefficient (Wildman–Crippen LogP) is 1.57. The summed E-state index contributed by atoms with van der Waals surface area (Å²) in [4.78, 5) is 0. The summed E-state index contributed by atoms with van der Waals surface area (Å²) in [5, 5.41) is 6.97. The highest BCUT2D eigenvalue weighted by Gasteiger charge is 2.19. The van der Waals surface area contributed by atoms with Gasteiger partial charge >= 0.3 is 0 Å². The van der Waals surface area contributed by atoms with Gasteiger partial charge in [-0.25, -0.2) is 0 Å². The van der Waals surface area contributed by atoms with Gasteiger partial charge in [-0.15, -0.1) is 0 Å². The first-order valence-corrected chi connectivity index (χ1v) is 5.83. The number of nitrogens with one attached hydrogen (secondary N) is 2. The zero-order valence-electron chi connectivity index (χ0n) is 9.37. The van der Waals surface area contributed by atoms with Gasteiger partial charge in [0, 0.05) is 12.1 Å². The van der Waals surface area contributed by atoms with E-state index in [2.05, 4.69) is 48.0 Å². The molecule has 15 heavy (non-hydrogen) atoms. The van der Waals surface area contributed by atoms with E-state index in [0.717, 1.165) is 13.0 Å². The first-order chi connectivity index (χ1) is 7.38. The summed E-state index contributed by atoms with van der Waals surface area (Å²) < 4.78 is 0. The molecule has 1 heterocycles. The number of piperidine rings is 1. The van der Waals surface area contributed by atoms with E-state index < -0.39 is 0 Å². The van der Waals surface area contributed by atoms with Gasteiger partial charge in [0.25, 0.3) is 0 Å². The maximum Gasteiger partial charge on any atom is 0.0122 e. The van der Waals surface area contributed by atoms with Gasteiger partial charge in [-0.3, -0.25) is 0 Å². The molecule has 82 valence electrons. The van der Waals surface area contributed by atoms with Crippen LogP contribution >= 0.6 is 0 Å². The van der Waals surface area contributed by atoms with Crippen LogP contribution in [-0.4, -0.2) is 25.7 Å². The molecule has 1 fully saturated rings. The summed E-state index contributed by atoms with van der Waals surface area (Å²) in [5.41, 5.74) is 1.44. The van der Waals surface area contributed by atoms with Crippen molar-refractivity contribution in [3.05, 3.63) is 35.9 Å². The van der Waals surface area contributed by atoms with Crippen molar-refractivity contribution >= 4 is 0 Å². The molecule has 0 spiro atoms. The number of benzene rings is 1. The Morgan fingerprint density at radius 2 is 2.13 bits per heavy atom. The standard InChI is InChI=1S/C13H20N2/c1-14-12-7-8-15-13(10-12)9-11-5-3-2-4-6-11/h2-6,12-15H,7-10H2,1H3. The van der Waals surface area contributed by atoms with Crippen molar-refractivity contribution in [3.63, 3.8) is 0 Å². The lowest BCUT2D eigenvalue weighted by Crippen LogP contribution is -2.45. The van der Waals surface area contributed by atoms with E-state index in [9.17, 15) is 0 Å². The van der Waals surface area contributed by atoms with E-state index in [0.29, 0.717) is 12.1 Å². The molecule has 0 bridgehead atoms. The van der Waals surface area contributed by atoms with E-state index in [-0.39, 0.29) is 0 Å². The summed E-state index contributed by atoms with van der Waals surface area (Å²) in [6.45, 7) is 1.14. The van der Waals surface area contributed by atoms with Gasteiger partial charge in [-0.2, -0.15) is 0 Å². The fourth-order valence-corrected chi connectivity index (χ4v) is 2.32. The Morgan fingerprint density at radius 1 is 1.33 bits per heavy atom. The summed E-state index contributed by atoms with van der Waals surface area (Å²) in [6.07, 6.45) is 3.65. The Hall–Kier alpha value is -0.860. The van der Waals surface area contributed by atoms with Crippen molar-refractivity contribution in [1.29, 1.82) is 0 Å². The molecule has 2 unspecified atom stereocenters. The minimum atomic E-state index is 0.638. The van der Waals surface area contributed by atoms with Crippen molar-refractivity contribution in [2.45, 2.75) is 31.3 Å². The quantitative estimate of drug-likeness (QED) is 0.781. The van der Waals surface area contributed by atoms with Crippen LogP contribution in [0.5, 0.6) is 0 Å². The van der Waals surface area contributed by atoms with Crippen LogP contribution in [0.15, 0.2) is 30.3 Å². The lowest BCUT2D eigenvalue weighted by molar-refractivity contribution is 0.330. The zero-order chi connectivity index (χ0) is 10.5. The molecule has 1 saturated heterocycles. The third-order valence-electron chi connectivity index (χ3n) is 3.23. The largest absolute Gasteiger partial charge is 0.317 e. The topological polar surface area (TPSA) is 24.1 Å². The van der Waals surface area contributed by atoms with Gasteiger partial charge in [0.05, 0.1) is 0 Å². The first-order valence-electron chi connectivity index (χ1n) is 5.83. The van der Waals surface area contributed by atoms with Crippen LogP contribution in [0.4, 0.5) is 0 Å². The molecule has 0 aromatic heterocycles. The first kappa shape index (κ1) is 10.7. The van der Waals surface area contributed by atoms with Crippen LogP contribution in [0.1, 0.15) is 18.4 Å². The zero-order valence-corrected chi connectivity index (χ0v) is 9.37. The second-order valence-corrected chi connectivity index (χ2v) is 4.35. The van der Waals surface area contributed by atoms with Gasteiger partial charge in [0.2, 0.25) is 0 Å². The molecule has 0 radical (unpaired) electrons. The molecule has 2 nitrogen and oxygen atoms in total. The van der Waals surface area contributed by atoms with Crippen molar-refractivity contribution in [2.75, 3.05) is 13.6 Å². The average molecular weight is 204 g/mol. The van der Waals surface area contributed by atoms with E-state index in [1.54, 1.807) is 0 Å². The summed E-state index contributed by atoms with van der Waals surface area (Å²) >= 11 is 0. The molecule has 1 aliphatic rings. The van der Waals surface area contributed by atoms with Crippen LogP contribution in [0, 0.1) is 0 Å². The Balaban J connectivity index is 1.89. The second-order valence-electron chi connectivity index (χ2n) is 4.35. The average Bonchev–Trinajstić information content (AvgIpc) is 2.31. The second kappa shape index (κ2) is 5.29. The molecule has 1 aromatic carbocycles. The van der Waals surface area contributed by atoms with Crippen LogP contribution in [0.2, 0.25) is 0 Å². The highest BCUT2D eigenvalue weighted by Crippen LogP contribution is 2.13. The lowest BCUT2D eigenvalue weighted by atomic mass is 9.94. The van der Waals surface area contributed by atoms with E-state index in [1.165, 1.54) is 18.4 Å². The minimum Gasteiger partial charge on any atom is -0.317 e. The third kappa shape index (κ3) is 3.05. The van der Waals surface area contributed by atoms with Crippen molar-refractivity contribution in [3.8, 4) is 0 Å². The molecule has 2 atom stereocenters. The van der Waals surface area contributed by atoms with Crippen molar-refractivity contribution in [2.24, 2.45) is 0 Å².